The van der Waals surface area contributed by atoms with Gasteiger partial charge in [0.2, 0.25) is 0 Å². The number of carbonyl (C=O) groups is 1. The Morgan fingerprint density at radius 3 is 2.69 bits per heavy atom. The maximum atomic E-state index is 11.6. The van der Waals surface area contributed by atoms with Crippen LogP contribution in [-0.2, 0) is 19.4 Å². The summed E-state index contributed by atoms with van der Waals surface area (Å²) in [4.78, 5) is 11.6. The molecule has 0 aliphatic heterocycles. The molecule has 0 saturated carbocycles. The van der Waals surface area contributed by atoms with Gasteiger partial charge in [-0.25, -0.2) is 0 Å². The quantitative estimate of drug-likeness (QED) is 0.715. The standard InChI is InChI=1S/C14H21NO/c1-5-6-15-12(10(2)16)7-11-8-14(3,4)9-13(11)15/h7H,5-6,8-9H2,1-4H3. The summed E-state index contributed by atoms with van der Waals surface area (Å²) in [6.07, 6.45) is 3.30. The van der Waals surface area contributed by atoms with E-state index >= 15 is 0 Å². The monoisotopic (exact) mass is 219 g/mol. The highest BCUT2D eigenvalue weighted by molar-refractivity contribution is 5.93. The van der Waals surface area contributed by atoms with Crippen molar-refractivity contribution >= 4 is 5.78 Å². The van der Waals surface area contributed by atoms with Gasteiger partial charge in [0.15, 0.2) is 5.78 Å². The second kappa shape index (κ2) is 3.76. The van der Waals surface area contributed by atoms with Crippen LogP contribution in [0, 0.1) is 5.41 Å². The molecule has 0 fully saturated rings. The maximum Gasteiger partial charge on any atom is 0.176 e. The smallest absolute Gasteiger partial charge is 0.176 e. The third-order valence-electron chi connectivity index (χ3n) is 3.42. The second-order valence-electron chi connectivity index (χ2n) is 5.73. The van der Waals surface area contributed by atoms with E-state index in [1.807, 2.05) is 0 Å². The van der Waals surface area contributed by atoms with E-state index < -0.39 is 0 Å². The van der Waals surface area contributed by atoms with Crippen LogP contribution in [0.1, 0.15) is 55.9 Å². The minimum atomic E-state index is 0.195. The van der Waals surface area contributed by atoms with Crippen molar-refractivity contribution in [3.63, 3.8) is 0 Å². The van der Waals surface area contributed by atoms with Crippen molar-refractivity contribution in [2.45, 2.75) is 53.5 Å². The first-order chi connectivity index (χ1) is 7.44. The minimum absolute atomic E-state index is 0.195. The molecular formula is C14H21NO. The first-order valence-electron chi connectivity index (χ1n) is 6.17. The molecule has 1 aromatic rings. The fourth-order valence-corrected chi connectivity index (χ4v) is 2.81. The number of hydrogen-bond donors (Lipinski definition) is 0. The summed E-state index contributed by atoms with van der Waals surface area (Å²) in [7, 11) is 0. The molecular weight excluding hydrogens is 198 g/mol. The molecule has 0 aromatic carbocycles. The Balaban J connectivity index is 2.44. The predicted molar refractivity (Wildman–Crippen MR) is 65.9 cm³/mol. The molecule has 2 rings (SSSR count). The number of rotatable bonds is 3. The van der Waals surface area contributed by atoms with Gasteiger partial charge in [-0.1, -0.05) is 20.8 Å². The molecule has 2 heteroatoms. The molecule has 2 nitrogen and oxygen atoms in total. The van der Waals surface area contributed by atoms with Gasteiger partial charge in [0.25, 0.3) is 0 Å². The second-order valence-corrected chi connectivity index (χ2v) is 5.73. The number of carbonyl (C=O) groups excluding carboxylic acids is 1. The maximum absolute atomic E-state index is 11.6. The van der Waals surface area contributed by atoms with Gasteiger partial charge in [-0.15, -0.1) is 0 Å². The molecule has 0 bridgehead atoms. The zero-order valence-corrected chi connectivity index (χ0v) is 10.8. The van der Waals surface area contributed by atoms with Crippen molar-refractivity contribution in [2.75, 3.05) is 0 Å². The Kier molecular flexibility index (Phi) is 2.69. The van der Waals surface area contributed by atoms with Gasteiger partial charge in [0.05, 0.1) is 5.69 Å². The van der Waals surface area contributed by atoms with Gasteiger partial charge in [-0.05, 0) is 36.3 Å². The van der Waals surface area contributed by atoms with E-state index in [4.69, 9.17) is 0 Å². The van der Waals surface area contributed by atoms with Crippen LogP contribution < -0.4 is 0 Å². The lowest BCUT2D eigenvalue weighted by Gasteiger charge is -2.18. The summed E-state index contributed by atoms with van der Waals surface area (Å²) in [5.74, 6) is 0.195. The van der Waals surface area contributed by atoms with E-state index in [1.54, 1.807) is 6.92 Å². The highest BCUT2D eigenvalue weighted by Gasteiger charge is 2.32. The Morgan fingerprint density at radius 1 is 1.44 bits per heavy atom. The van der Waals surface area contributed by atoms with E-state index in [-0.39, 0.29) is 5.78 Å². The van der Waals surface area contributed by atoms with E-state index in [0.717, 1.165) is 31.5 Å². The van der Waals surface area contributed by atoms with Gasteiger partial charge in [0, 0.05) is 19.2 Å². The largest absolute Gasteiger partial charge is 0.342 e. The first kappa shape index (κ1) is 11.4. The molecule has 0 unspecified atom stereocenters. The van der Waals surface area contributed by atoms with Crippen LogP contribution in [0.15, 0.2) is 6.07 Å². The van der Waals surface area contributed by atoms with Crippen LogP contribution in [0.25, 0.3) is 0 Å². The summed E-state index contributed by atoms with van der Waals surface area (Å²) < 4.78 is 2.24. The molecule has 16 heavy (non-hydrogen) atoms. The first-order valence-corrected chi connectivity index (χ1v) is 6.17. The van der Waals surface area contributed by atoms with Gasteiger partial charge >= 0.3 is 0 Å². The summed E-state index contributed by atoms with van der Waals surface area (Å²) in [6.45, 7) is 9.41. The van der Waals surface area contributed by atoms with E-state index in [1.165, 1.54) is 11.3 Å². The molecule has 0 N–H and O–H groups in total. The number of aromatic nitrogens is 1. The van der Waals surface area contributed by atoms with Crippen molar-refractivity contribution in [1.82, 2.24) is 4.57 Å². The molecule has 0 amide bonds. The van der Waals surface area contributed by atoms with E-state index in [0.29, 0.717) is 5.41 Å². The van der Waals surface area contributed by atoms with E-state index in [2.05, 4.69) is 31.4 Å². The molecule has 0 atom stereocenters. The highest BCUT2D eigenvalue weighted by Crippen LogP contribution is 2.38. The number of ketones is 1. The van der Waals surface area contributed by atoms with E-state index in [9.17, 15) is 4.79 Å². The van der Waals surface area contributed by atoms with Gasteiger partial charge in [0.1, 0.15) is 0 Å². The lowest BCUT2D eigenvalue weighted by Crippen LogP contribution is -2.15. The zero-order valence-electron chi connectivity index (χ0n) is 10.8. The number of fused-ring (bicyclic) bond motifs is 1. The lowest BCUT2D eigenvalue weighted by atomic mass is 9.90. The van der Waals surface area contributed by atoms with Crippen LogP contribution in [0.2, 0.25) is 0 Å². The fraction of sp³-hybridized carbons (Fsp3) is 0.643. The number of hydrogen-bond acceptors (Lipinski definition) is 1. The summed E-state index contributed by atoms with van der Waals surface area (Å²) >= 11 is 0. The molecule has 0 spiro atoms. The van der Waals surface area contributed by atoms with Crippen molar-refractivity contribution in [3.8, 4) is 0 Å². The molecule has 88 valence electrons. The van der Waals surface area contributed by atoms with Crippen LogP contribution in [-0.4, -0.2) is 10.4 Å². The van der Waals surface area contributed by atoms with Crippen molar-refractivity contribution in [3.05, 3.63) is 23.0 Å². The Morgan fingerprint density at radius 2 is 2.12 bits per heavy atom. The van der Waals surface area contributed by atoms with Gasteiger partial charge in [-0.2, -0.15) is 0 Å². The average molecular weight is 219 g/mol. The molecule has 1 aromatic heterocycles. The van der Waals surface area contributed by atoms with Crippen molar-refractivity contribution in [1.29, 1.82) is 0 Å². The number of nitrogens with zero attached hydrogens (tertiary/aromatic N) is 1. The fourth-order valence-electron chi connectivity index (χ4n) is 2.81. The molecule has 1 heterocycles. The molecule has 1 aliphatic rings. The lowest BCUT2D eigenvalue weighted by molar-refractivity contribution is 0.100. The third kappa shape index (κ3) is 1.81. The predicted octanol–water partition coefficient (Wildman–Crippen LogP) is 3.23. The number of Topliss-reactive ketones (excluding diaryl/α,β-unsaturated/α-hetero) is 1. The Hall–Kier alpha value is -1.05. The van der Waals surface area contributed by atoms with Gasteiger partial charge < -0.3 is 4.57 Å². The van der Waals surface area contributed by atoms with Crippen molar-refractivity contribution in [2.24, 2.45) is 5.41 Å². The molecule has 0 radical (unpaired) electrons. The Labute approximate surface area is 97.7 Å². The third-order valence-corrected chi connectivity index (χ3v) is 3.42. The summed E-state index contributed by atoms with van der Waals surface area (Å²) in [5, 5.41) is 0. The Bertz CT molecular complexity index is 426. The van der Waals surface area contributed by atoms with Gasteiger partial charge in [-0.3, -0.25) is 4.79 Å². The SMILES string of the molecule is CCCn1c(C(C)=O)cc2c1CC(C)(C)C2. The van der Waals surface area contributed by atoms with Crippen LogP contribution in [0.5, 0.6) is 0 Å². The molecule has 0 saturated heterocycles. The highest BCUT2D eigenvalue weighted by atomic mass is 16.1. The summed E-state index contributed by atoms with van der Waals surface area (Å²) in [6, 6.07) is 2.11. The van der Waals surface area contributed by atoms with Crippen LogP contribution in [0.4, 0.5) is 0 Å². The van der Waals surface area contributed by atoms with Crippen LogP contribution >= 0.6 is 0 Å². The topological polar surface area (TPSA) is 22.0 Å². The molecule has 1 aliphatic carbocycles. The minimum Gasteiger partial charge on any atom is -0.342 e. The zero-order chi connectivity index (χ0) is 11.9. The normalized spacial score (nSPS) is 17.5. The van der Waals surface area contributed by atoms with Crippen LogP contribution in [0.3, 0.4) is 0 Å². The average Bonchev–Trinajstić information content (AvgIpc) is 2.60. The summed E-state index contributed by atoms with van der Waals surface area (Å²) in [5.41, 5.74) is 4.07. The van der Waals surface area contributed by atoms with Crippen molar-refractivity contribution < 1.29 is 4.79 Å².